The summed E-state index contributed by atoms with van der Waals surface area (Å²) in [6.07, 6.45) is 6.51. The van der Waals surface area contributed by atoms with E-state index in [0.29, 0.717) is 11.9 Å². The van der Waals surface area contributed by atoms with Crippen LogP contribution in [0.3, 0.4) is 0 Å². The van der Waals surface area contributed by atoms with Crippen LogP contribution in [0.1, 0.15) is 31.5 Å². The van der Waals surface area contributed by atoms with Gasteiger partial charge in [0.15, 0.2) is 5.82 Å². The summed E-state index contributed by atoms with van der Waals surface area (Å²) in [5, 5.41) is 8.19. The fourth-order valence-corrected chi connectivity index (χ4v) is 2.53. The van der Waals surface area contributed by atoms with Gasteiger partial charge in [0.2, 0.25) is 5.89 Å². The third-order valence-corrected chi connectivity index (χ3v) is 3.52. The maximum atomic E-state index is 5.15. The van der Waals surface area contributed by atoms with Crippen LogP contribution in [0.5, 0.6) is 0 Å². The third kappa shape index (κ3) is 2.81. The Morgan fingerprint density at radius 1 is 1.47 bits per heavy atom. The van der Waals surface area contributed by atoms with Crippen molar-refractivity contribution in [2.24, 2.45) is 0 Å². The number of aryl methyl sites for hydroxylation is 1. The zero-order valence-corrected chi connectivity index (χ0v) is 11.1. The van der Waals surface area contributed by atoms with Gasteiger partial charge in [0, 0.05) is 12.5 Å². The molecular weight excluding hydrogens is 244 g/mol. The van der Waals surface area contributed by atoms with E-state index in [1.807, 2.05) is 11.6 Å². The predicted octanol–water partition coefficient (Wildman–Crippen LogP) is 0.888. The molecule has 2 aromatic heterocycles. The Labute approximate surface area is 111 Å². The zero-order valence-electron chi connectivity index (χ0n) is 11.1. The molecule has 1 aliphatic rings. The second kappa shape index (κ2) is 5.48. The number of aromatic nitrogens is 5. The van der Waals surface area contributed by atoms with Gasteiger partial charge in [-0.05, 0) is 19.4 Å². The molecule has 0 unspecified atom stereocenters. The molecule has 0 spiro atoms. The van der Waals surface area contributed by atoms with Gasteiger partial charge < -0.3 is 4.52 Å². The van der Waals surface area contributed by atoms with Crippen LogP contribution in [0.25, 0.3) is 0 Å². The highest BCUT2D eigenvalue weighted by Crippen LogP contribution is 2.20. The zero-order chi connectivity index (χ0) is 13.1. The summed E-state index contributed by atoms with van der Waals surface area (Å²) in [5.41, 5.74) is 0. The molecule has 3 heterocycles. The normalized spacial score (nSPS) is 20.2. The molecule has 0 amide bonds. The summed E-state index contributed by atoms with van der Waals surface area (Å²) in [7, 11) is 0. The third-order valence-electron chi connectivity index (χ3n) is 3.52. The quantitative estimate of drug-likeness (QED) is 0.796. The highest BCUT2D eigenvalue weighted by Gasteiger charge is 2.26. The van der Waals surface area contributed by atoms with E-state index in [2.05, 4.69) is 25.1 Å². The van der Waals surface area contributed by atoms with Crippen molar-refractivity contribution in [1.82, 2.24) is 29.8 Å². The maximum absolute atomic E-state index is 5.15. The van der Waals surface area contributed by atoms with Crippen molar-refractivity contribution < 1.29 is 4.52 Å². The summed E-state index contributed by atoms with van der Waals surface area (Å²) in [5.74, 6) is 1.49. The number of nitrogens with zero attached hydrogens (tertiary/aromatic N) is 6. The molecule has 0 aromatic carbocycles. The Morgan fingerprint density at radius 3 is 3.16 bits per heavy atom. The van der Waals surface area contributed by atoms with Gasteiger partial charge in [-0.2, -0.15) is 10.1 Å². The lowest BCUT2D eigenvalue weighted by atomic mass is 10.2. The Balaban J connectivity index is 1.62. The van der Waals surface area contributed by atoms with Crippen molar-refractivity contribution in [2.75, 3.05) is 6.54 Å². The van der Waals surface area contributed by atoms with Crippen LogP contribution in [0.2, 0.25) is 0 Å². The first-order valence-electron chi connectivity index (χ1n) is 6.73. The lowest BCUT2D eigenvalue weighted by molar-refractivity contribution is 0.211. The monoisotopic (exact) mass is 262 g/mol. The van der Waals surface area contributed by atoms with E-state index in [0.717, 1.165) is 31.9 Å². The Kier molecular flexibility index (Phi) is 3.54. The average molecular weight is 262 g/mol. The van der Waals surface area contributed by atoms with Crippen LogP contribution < -0.4 is 0 Å². The van der Waals surface area contributed by atoms with Gasteiger partial charge >= 0.3 is 0 Å². The minimum atomic E-state index is 0.477. The molecule has 2 aromatic rings. The Morgan fingerprint density at radius 2 is 2.42 bits per heavy atom. The highest BCUT2D eigenvalue weighted by molar-refractivity contribution is 4.89. The fourth-order valence-electron chi connectivity index (χ4n) is 2.53. The summed E-state index contributed by atoms with van der Waals surface area (Å²) >= 11 is 0. The number of rotatable bonds is 5. The number of hydrogen-bond acceptors (Lipinski definition) is 6. The number of likely N-dealkylation sites (tertiary alicyclic amines) is 1. The van der Waals surface area contributed by atoms with Crippen molar-refractivity contribution in [3.63, 3.8) is 0 Å². The summed E-state index contributed by atoms with van der Waals surface area (Å²) in [6, 6.07) is 0.477. The Hall–Kier alpha value is -1.76. The molecule has 7 heteroatoms. The largest absolute Gasteiger partial charge is 0.339 e. The topological polar surface area (TPSA) is 72.9 Å². The number of hydrogen-bond donors (Lipinski definition) is 0. The van der Waals surface area contributed by atoms with E-state index < -0.39 is 0 Å². The van der Waals surface area contributed by atoms with E-state index in [4.69, 9.17) is 4.52 Å². The van der Waals surface area contributed by atoms with Gasteiger partial charge in [0.25, 0.3) is 0 Å². The molecular formula is C12H18N6O. The molecule has 1 saturated heterocycles. The van der Waals surface area contributed by atoms with Gasteiger partial charge in [-0.1, -0.05) is 12.1 Å². The van der Waals surface area contributed by atoms with Gasteiger partial charge in [0.1, 0.15) is 12.7 Å². The molecule has 0 bridgehead atoms. The fraction of sp³-hybridized carbons (Fsp3) is 0.667. The van der Waals surface area contributed by atoms with Crippen LogP contribution in [0.15, 0.2) is 17.2 Å². The minimum Gasteiger partial charge on any atom is -0.339 e. The summed E-state index contributed by atoms with van der Waals surface area (Å²) in [4.78, 5) is 10.7. The van der Waals surface area contributed by atoms with Crippen molar-refractivity contribution >= 4 is 0 Å². The van der Waals surface area contributed by atoms with E-state index >= 15 is 0 Å². The summed E-state index contributed by atoms with van der Waals surface area (Å²) < 4.78 is 7.04. The Bertz CT molecular complexity index is 508. The molecule has 0 aliphatic carbocycles. The van der Waals surface area contributed by atoms with E-state index in [1.54, 1.807) is 12.7 Å². The standard InChI is InChI=1S/C12H18N6O/c1-2-12-15-11(16-19-12)7-17-5-3-4-10(17)6-18-9-13-8-14-18/h8-10H,2-7H2,1H3/t10-/m1/s1. The minimum absolute atomic E-state index is 0.477. The van der Waals surface area contributed by atoms with Gasteiger partial charge in [0.05, 0.1) is 13.1 Å². The molecule has 0 N–H and O–H groups in total. The van der Waals surface area contributed by atoms with Crippen molar-refractivity contribution in [1.29, 1.82) is 0 Å². The molecule has 1 aliphatic heterocycles. The van der Waals surface area contributed by atoms with Crippen molar-refractivity contribution in [2.45, 2.75) is 45.3 Å². The van der Waals surface area contributed by atoms with Crippen molar-refractivity contribution in [3.8, 4) is 0 Å². The van der Waals surface area contributed by atoms with Crippen LogP contribution >= 0.6 is 0 Å². The van der Waals surface area contributed by atoms with Gasteiger partial charge in [-0.3, -0.25) is 9.58 Å². The van der Waals surface area contributed by atoms with Crippen LogP contribution in [0, 0.1) is 0 Å². The second-order valence-corrected chi connectivity index (χ2v) is 4.84. The van der Waals surface area contributed by atoms with Gasteiger partial charge in [-0.25, -0.2) is 4.98 Å². The predicted molar refractivity (Wildman–Crippen MR) is 67.1 cm³/mol. The highest BCUT2D eigenvalue weighted by atomic mass is 16.5. The molecule has 1 fully saturated rings. The second-order valence-electron chi connectivity index (χ2n) is 4.84. The van der Waals surface area contributed by atoms with Crippen LogP contribution in [-0.2, 0) is 19.5 Å². The van der Waals surface area contributed by atoms with E-state index in [1.165, 1.54) is 12.8 Å². The molecule has 3 rings (SSSR count). The smallest absolute Gasteiger partial charge is 0.226 e. The van der Waals surface area contributed by atoms with Crippen LogP contribution in [0.4, 0.5) is 0 Å². The molecule has 19 heavy (non-hydrogen) atoms. The molecule has 0 radical (unpaired) electrons. The van der Waals surface area contributed by atoms with E-state index in [9.17, 15) is 0 Å². The maximum Gasteiger partial charge on any atom is 0.226 e. The summed E-state index contributed by atoms with van der Waals surface area (Å²) in [6.45, 7) is 4.72. The first kappa shape index (κ1) is 12.3. The molecule has 1 atom stereocenters. The molecule has 7 nitrogen and oxygen atoms in total. The van der Waals surface area contributed by atoms with Crippen LogP contribution in [-0.4, -0.2) is 42.4 Å². The lowest BCUT2D eigenvalue weighted by Gasteiger charge is -2.22. The van der Waals surface area contributed by atoms with Crippen molar-refractivity contribution in [3.05, 3.63) is 24.4 Å². The van der Waals surface area contributed by atoms with E-state index in [-0.39, 0.29) is 0 Å². The molecule has 102 valence electrons. The SMILES string of the molecule is CCc1nc(CN2CCC[C@@H]2Cn2cncn2)no1. The van der Waals surface area contributed by atoms with Gasteiger partial charge in [-0.15, -0.1) is 0 Å². The first-order valence-corrected chi connectivity index (χ1v) is 6.73. The average Bonchev–Trinajstić information content (AvgIpc) is 3.14. The first-order chi connectivity index (χ1) is 9.35. The molecule has 0 saturated carbocycles. The lowest BCUT2D eigenvalue weighted by Crippen LogP contribution is -2.33.